The summed E-state index contributed by atoms with van der Waals surface area (Å²) in [6.45, 7) is 4.55. The molecule has 0 saturated carbocycles. The molecule has 7 heteroatoms. The fourth-order valence-electron chi connectivity index (χ4n) is 8.44. The first-order valence-electron chi connectivity index (χ1n) is 18.7. The van der Waals surface area contributed by atoms with E-state index in [4.69, 9.17) is 9.47 Å². The summed E-state index contributed by atoms with van der Waals surface area (Å²) in [6.07, 6.45) is 3.86. The van der Waals surface area contributed by atoms with Gasteiger partial charge in [-0.3, -0.25) is 14.5 Å². The zero-order chi connectivity index (χ0) is 37.2. The number of imide groups is 1. The monoisotopic (exact) mass is 716 g/mol. The maximum atomic E-state index is 14.3. The molecular formula is C47H44N2O5. The molecule has 4 atom stereocenters. The quantitative estimate of drug-likeness (QED) is 0.0804. The minimum Gasteiger partial charge on any atom is -0.507 e. The molecule has 2 saturated heterocycles. The number of phenolic OH excluding ortho intramolecular Hbond substituents is 1. The average Bonchev–Trinajstić information content (AvgIpc) is 3.73. The van der Waals surface area contributed by atoms with Crippen molar-refractivity contribution in [3.8, 4) is 11.5 Å². The number of carbonyl (C=O) groups excluding carboxylic acids is 2. The second-order valence-corrected chi connectivity index (χ2v) is 14.6. The van der Waals surface area contributed by atoms with E-state index in [0.29, 0.717) is 37.5 Å². The topological polar surface area (TPSA) is 88.1 Å². The van der Waals surface area contributed by atoms with Crippen molar-refractivity contribution >= 4 is 40.5 Å². The van der Waals surface area contributed by atoms with Crippen LogP contribution in [0.25, 0.3) is 11.6 Å². The van der Waals surface area contributed by atoms with Crippen LogP contribution in [-0.4, -0.2) is 36.2 Å². The molecule has 5 aromatic rings. The van der Waals surface area contributed by atoms with Crippen molar-refractivity contribution < 1.29 is 24.2 Å². The third-order valence-electron chi connectivity index (χ3n) is 11.0. The Morgan fingerprint density at radius 2 is 1.44 bits per heavy atom. The number of para-hydroxylation sites is 2. The molecule has 0 unspecified atom stereocenters. The lowest BCUT2D eigenvalue weighted by Crippen LogP contribution is -2.35. The average molecular weight is 717 g/mol. The van der Waals surface area contributed by atoms with Crippen molar-refractivity contribution in [2.75, 3.05) is 23.4 Å². The number of nitrogens with one attached hydrogen (secondary N) is 1. The standard InChI is InChI=1S/C47H44N2O5/c1-30-24-32(25-31(2)45(30)50)26-34(33-12-6-3-7-13-33)18-23-42-43-35(28-53-39-16-10-5-11-17-39)27-40-44(41(43)29-54-42)47(52)49(46(40)51)38-21-19-37(20-22-38)48-36-14-8-4-9-15-36/h3-17,19-22,24-26,40-42,44,48,50H,18,23,27-29H2,1-2H3/b34-26-/t40-,41+,42-,44-/m1/s1. The summed E-state index contributed by atoms with van der Waals surface area (Å²) in [5.74, 6) is -0.433. The first-order valence-corrected chi connectivity index (χ1v) is 18.7. The number of aryl methyl sites for hydroxylation is 2. The van der Waals surface area contributed by atoms with E-state index in [1.807, 2.05) is 129 Å². The predicted molar refractivity (Wildman–Crippen MR) is 214 cm³/mol. The molecule has 54 heavy (non-hydrogen) atoms. The lowest BCUT2D eigenvalue weighted by atomic mass is 9.69. The lowest BCUT2D eigenvalue weighted by Gasteiger charge is -2.31. The Bertz CT molecular complexity index is 2190. The lowest BCUT2D eigenvalue weighted by molar-refractivity contribution is -0.122. The Labute approximate surface area is 316 Å². The molecule has 2 N–H and O–H groups in total. The van der Waals surface area contributed by atoms with Gasteiger partial charge >= 0.3 is 0 Å². The summed E-state index contributed by atoms with van der Waals surface area (Å²) in [5, 5.41) is 13.8. The number of rotatable bonds is 11. The van der Waals surface area contributed by atoms with Crippen molar-refractivity contribution in [1.29, 1.82) is 0 Å². The van der Waals surface area contributed by atoms with Crippen LogP contribution < -0.4 is 15.0 Å². The van der Waals surface area contributed by atoms with Crippen LogP contribution in [-0.2, 0) is 14.3 Å². The molecule has 8 rings (SSSR count). The number of carbonyl (C=O) groups is 2. The van der Waals surface area contributed by atoms with Crippen LogP contribution in [0.1, 0.15) is 41.5 Å². The van der Waals surface area contributed by atoms with Gasteiger partial charge in [-0.2, -0.15) is 0 Å². The normalized spacial score (nSPS) is 20.9. The molecule has 2 amide bonds. The van der Waals surface area contributed by atoms with Gasteiger partial charge in [0.2, 0.25) is 11.8 Å². The summed E-state index contributed by atoms with van der Waals surface area (Å²) in [6, 6.07) is 41.5. The van der Waals surface area contributed by atoms with Gasteiger partial charge in [-0.25, -0.2) is 0 Å². The molecule has 2 fully saturated rings. The minimum absolute atomic E-state index is 0.161. The van der Waals surface area contributed by atoms with E-state index in [-0.39, 0.29) is 23.8 Å². The smallest absolute Gasteiger partial charge is 0.238 e. The summed E-state index contributed by atoms with van der Waals surface area (Å²) < 4.78 is 12.9. The maximum absolute atomic E-state index is 14.3. The maximum Gasteiger partial charge on any atom is 0.238 e. The van der Waals surface area contributed by atoms with Crippen LogP contribution in [0.15, 0.2) is 139 Å². The van der Waals surface area contributed by atoms with E-state index in [9.17, 15) is 14.7 Å². The number of ether oxygens (including phenoxy) is 2. The molecule has 5 aromatic carbocycles. The molecule has 0 radical (unpaired) electrons. The number of allylic oxidation sites excluding steroid dienone is 1. The highest BCUT2D eigenvalue weighted by Gasteiger charge is 2.57. The summed E-state index contributed by atoms with van der Waals surface area (Å²) in [7, 11) is 0. The summed E-state index contributed by atoms with van der Waals surface area (Å²) in [4.78, 5) is 29.9. The number of amides is 2. The first kappa shape index (κ1) is 35.1. The minimum atomic E-state index is -0.493. The molecular weight excluding hydrogens is 673 g/mol. The summed E-state index contributed by atoms with van der Waals surface area (Å²) in [5.41, 5.74) is 9.56. The zero-order valence-corrected chi connectivity index (χ0v) is 30.6. The fourth-order valence-corrected chi connectivity index (χ4v) is 8.44. The van der Waals surface area contributed by atoms with E-state index in [0.717, 1.165) is 62.5 Å². The van der Waals surface area contributed by atoms with Crippen molar-refractivity contribution in [2.24, 2.45) is 17.8 Å². The Morgan fingerprint density at radius 3 is 2.13 bits per heavy atom. The van der Waals surface area contributed by atoms with Crippen LogP contribution in [0.4, 0.5) is 17.1 Å². The third kappa shape index (κ3) is 7.07. The van der Waals surface area contributed by atoms with Gasteiger partial charge in [0.05, 0.1) is 30.2 Å². The second kappa shape index (κ2) is 15.2. The van der Waals surface area contributed by atoms with E-state index in [1.54, 1.807) is 0 Å². The van der Waals surface area contributed by atoms with Gasteiger partial charge in [0.1, 0.15) is 18.1 Å². The van der Waals surface area contributed by atoms with E-state index in [2.05, 4.69) is 23.5 Å². The Hall–Kier alpha value is -5.92. The number of anilines is 3. The van der Waals surface area contributed by atoms with Gasteiger partial charge in [0, 0.05) is 17.3 Å². The van der Waals surface area contributed by atoms with Crippen molar-refractivity contribution in [3.63, 3.8) is 0 Å². The molecule has 2 aliphatic heterocycles. The Kier molecular flexibility index (Phi) is 9.89. The van der Waals surface area contributed by atoms with Gasteiger partial charge < -0.3 is 19.9 Å². The highest BCUT2D eigenvalue weighted by atomic mass is 16.5. The summed E-state index contributed by atoms with van der Waals surface area (Å²) >= 11 is 0. The molecule has 0 bridgehead atoms. The molecule has 0 spiro atoms. The number of hydrogen-bond donors (Lipinski definition) is 2. The van der Waals surface area contributed by atoms with Crippen molar-refractivity contribution in [3.05, 3.63) is 161 Å². The van der Waals surface area contributed by atoms with Gasteiger partial charge in [-0.05, 0) is 133 Å². The van der Waals surface area contributed by atoms with Gasteiger partial charge in [0.25, 0.3) is 0 Å². The van der Waals surface area contributed by atoms with Crippen LogP contribution in [0.2, 0.25) is 0 Å². The highest BCUT2D eigenvalue weighted by Crippen LogP contribution is 2.51. The number of fused-ring (bicyclic) bond motifs is 3. The van der Waals surface area contributed by atoms with Crippen LogP contribution >= 0.6 is 0 Å². The second-order valence-electron chi connectivity index (χ2n) is 14.6. The number of phenols is 1. The highest BCUT2D eigenvalue weighted by molar-refractivity contribution is 6.22. The van der Waals surface area contributed by atoms with Crippen LogP contribution in [0, 0.1) is 31.6 Å². The number of aromatic hydroxyl groups is 1. The largest absolute Gasteiger partial charge is 0.507 e. The third-order valence-corrected chi connectivity index (χ3v) is 11.0. The molecule has 0 aromatic heterocycles. The first-order chi connectivity index (χ1) is 26.3. The fraction of sp³-hybridized carbons (Fsp3) is 0.234. The van der Waals surface area contributed by atoms with Gasteiger partial charge in [-0.15, -0.1) is 0 Å². The van der Waals surface area contributed by atoms with Crippen molar-refractivity contribution in [2.45, 2.75) is 39.2 Å². The van der Waals surface area contributed by atoms with Crippen LogP contribution in [0.3, 0.4) is 0 Å². The molecule has 7 nitrogen and oxygen atoms in total. The Balaban J connectivity index is 1.07. The Morgan fingerprint density at radius 1 is 0.815 bits per heavy atom. The molecule has 3 aliphatic rings. The van der Waals surface area contributed by atoms with Crippen LogP contribution in [0.5, 0.6) is 11.5 Å². The van der Waals surface area contributed by atoms with E-state index in [1.165, 1.54) is 4.90 Å². The zero-order valence-electron chi connectivity index (χ0n) is 30.6. The predicted octanol–water partition coefficient (Wildman–Crippen LogP) is 9.67. The molecule has 272 valence electrons. The number of nitrogens with zero attached hydrogens (tertiary/aromatic N) is 1. The number of benzene rings is 5. The molecule has 2 heterocycles. The van der Waals surface area contributed by atoms with Gasteiger partial charge in [-0.1, -0.05) is 72.8 Å². The SMILES string of the molecule is Cc1cc(/C=C(/CC[C@H]2OC[C@H]3C2=C(COc2ccccc2)C[C@H]2C(=O)N(c4ccc(Nc5ccccc5)cc4)C(=O)[C@H]23)c2ccccc2)cc(C)c1O. The van der Waals surface area contributed by atoms with Crippen molar-refractivity contribution in [1.82, 2.24) is 0 Å². The number of hydrogen-bond acceptors (Lipinski definition) is 6. The van der Waals surface area contributed by atoms with E-state index >= 15 is 0 Å². The molecule has 1 aliphatic carbocycles. The van der Waals surface area contributed by atoms with Gasteiger partial charge in [0.15, 0.2) is 0 Å². The van der Waals surface area contributed by atoms with E-state index < -0.39 is 11.8 Å².